The normalized spacial score (nSPS) is 17.0. The summed E-state index contributed by atoms with van der Waals surface area (Å²) in [7, 11) is 0. The van der Waals surface area contributed by atoms with Crippen molar-refractivity contribution in [3.05, 3.63) is 6.92 Å². The Morgan fingerprint density at radius 3 is 1.27 bits per heavy atom. The fourth-order valence-corrected chi connectivity index (χ4v) is 10.3. The quantitative estimate of drug-likeness (QED) is 0.0279. The van der Waals surface area contributed by atoms with E-state index in [1.165, 1.54) is 319 Å². The summed E-state index contributed by atoms with van der Waals surface area (Å²) < 4.78 is 0. The van der Waals surface area contributed by atoms with Gasteiger partial charge in [0.1, 0.15) is 5.84 Å². The second-order valence-electron chi connectivity index (χ2n) is 20.2. The van der Waals surface area contributed by atoms with Gasteiger partial charge >= 0.3 is 18.9 Å². The van der Waals surface area contributed by atoms with Gasteiger partial charge in [0.25, 0.3) is 0 Å². The van der Waals surface area contributed by atoms with Crippen molar-refractivity contribution in [3.63, 3.8) is 0 Å². The zero-order chi connectivity index (χ0) is 45.4. The first kappa shape index (κ1) is 64.0. The third kappa shape index (κ3) is 40.0. The first-order valence-corrected chi connectivity index (χ1v) is 30.3. The second-order valence-corrected chi connectivity index (χ2v) is 21.0. The molecule has 2 saturated heterocycles. The summed E-state index contributed by atoms with van der Waals surface area (Å²) in [4.78, 5) is 14.6. The van der Waals surface area contributed by atoms with E-state index in [4.69, 9.17) is 4.99 Å². The predicted molar refractivity (Wildman–Crippen MR) is 291 cm³/mol. The Balaban J connectivity index is 0.000000966. The Morgan fingerprint density at radius 2 is 0.812 bits per heavy atom. The van der Waals surface area contributed by atoms with Crippen LogP contribution in [0.15, 0.2) is 9.98 Å². The van der Waals surface area contributed by atoms with Gasteiger partial charge in [0.2, 0.25) is 0 Å². The Labute approximate surface area is 424 Å². The van der Waals surface area contributed by atoms with Gasteiger partial charge in [-0.15, -0.1) is 0 Å². The van der Waals surface area contributed by atoms with Crippen LogP contribution in [0.2, 0.25) is 0 Å². The van der Waals surface area contributed by atoms with E-state index in [-0.39, 0.29) is 18.9 Å². The van der Waals surface area contributed by atoms with Gasteiger partial charge in [-0.3, -0.25) is 9.98 Å². The van der Waals surface area contributed by atoms with Gasteiger partial charge in [-0.1, -0.05) is 255 Å². The summed E-state index contributed by atoms with van der Waals surface area (Å²) in [6, 6.07) is 0. The van der Waals surface area contributed by atoms with E-state index in [0.717, 1.165) is 25.4 Å². The van der Waals surface area contributed by atoms with Crippen LogP contribution in [-0.2, 0) is 0 Å². The molecule has 1 atom stereocenters. The van der Waals surface area contributed by atoms with Crippen LogP contribution in [0.25, 0.3) is 0 Å². The maximum Gasteiger partial charge on any atom is 1.00 e. The number of unbranched alkanes of at least 4 members (excludes halogenated alkanes) is 31. The monoisotopic (exact) mass is 953 g/mol. The molecule has 4 heterocycles. The largest absolute Gasteiger partial charge is 1.00 e. The summed E-state index contributed by atoms with van der Waals surface area (Å²) >= 11 is 3.49. The average Bonchev–Trinajstić information content (AvgIpc) is 3.69. The molecule has 4 nitrogen and oxygen atoms in total. The molecule has 0 radical (unpaired) electrons. The zero-order valence-electron chi connectivity index (χ0n) is 44.5. The smallest absolute Gasteiger partial charge is 0.360 e. The van der Waals surface area contributed by atoms with Gasteiger partial charge in [0.05, 0.1) is 5.84 Å². The maximum atomic E-state index is 4.93. The number of amidine groups is 2. The molecule has 6 heteroatoms. The molecule has 0 aliphatic carbocycles. The third-order valence-electron chi connectivity index (χ3n) is 14.1. The van der Waals surface area contributed by atoms with Gasteiger partial charge in [-0.05, 0) is 51.4 Å². The molecule has 374 valence electrons. The van der Waals surface area contributed by atoms with E-state index in [1.54, 1.807) is 0 Å². The molecule has 0 spiro atoms. The Bertz CT molecular complexity index is 956. The topological polar surface area (TPSA) is 31.2 Å². The van der Waals surface area contributed by atoms with Crippen LogP contribution in [0.4, 0.5) is 0 Å². The molecule has 64 heavy (non-hydrogen) atoms. The molecule has 0 aromatic heterocycles. The predicted octanol–water partition coefficient (Wildman–Crippen LogP) is 16.5. The van der Waals surface area contributed by atoms with Crippen LogP contribution in [0.3, 0.4) is 0 Å². The molecular weight excluding hydrogens is 840 g/mol. The van der Waals surface area contributed by atoms with Crippen molar-refractivity contribution in [2.45, 2.75) is 303 Å². The minimum atomic E-state index is 0. The molecule has 4 aliphatic rings. The summed E-state index contributed by atoms with van der Waals surface area (Å²) in [5, 5.41) is 1.19. The van der Waals surface area contributed by atoms with E-state index in [2.05, 4.69) is 58.4 Å². The molecule has 0 aromatic rings. The van der Waals surface area contributed by atoms with Gasteiger partial charge < -0.3 is 16.7 Å². The van der Waals surface area contributed by atoms with E-state index in [1.807, 2.05) is 0 Å². The van der Waals surface area contributed by atoms with Crippen molar-refractivity contribution in [2.75, 3.05) is 44.6 Å². The van der Waals surface area contributed by atoms with Gasteiger partial charge in [0, 0.05) is 56.9 Å². The van der Waals surface area contributed by atoms with Crippen LogP contribution >= 0.6 is 15.9 Å². The van der Waals surface area contributed by atoms with Crippen molar-refractivity contribution in [1.29, 1.82) is 0 Å². The molecule has 4 rings (SSSR count). The number of alkyl halides is 1. The molecule has 0 saturated carbocycles. The average molecular weight is 954 g/mol. The number of hydrogen-bond acceptors (Lipinski definition) is 4. The van der Waals surface area contributed by atoms with Crippen molar-refractivity contribution in [1.82, 2.24) is 9.80 Å². The summed E-state index contributed by atoms with van der Waals surface area (Å²) in [5.41, 5.74) is 0. The minimum absolute atomic E-state index is 0. The molecule has 0 aromatic carbocycles. The van der Waals surface area contributed by atoms with Crippen molar-refractivity contribution >= 4 is 27.6 Å². The number of rotatable bonds is 34. The molecule has 0 N–H and O–H groups in total. The molecule has 1 unspecified atom stereocenters. The van der Waals surface area contributed by atoms with Gasteiger partial charge in [-0.2, -0.15) is 6.42 Å². The molecule has 2 fully saturated rings. The zero-order valence-corrected chi connectivity index (χ0v) is 46.1. The van der Waals surface area contributed by atoms with E-state index < -0.39 is 0 Å². The number of hydrogen-bond donors (Lipinski definition) is 0. The van der Waals surface area contributed by atoms with Crippen molar-refractivity contribution in [2.24, 2.45) is 15.9 Å². The van der Waals surface area contributed by atoms with Gasteiger partial charge in [0.15, 0.2) is 0 Å². The van der Waals surface area contributed by atoms with Crippen LogP contribution < -0.4 is 18.9 Å². The molecular formula is C58H114BrLiN4. The number of halogens is 1. The second kappa shape index (κ2) is 52.4. The van der Waals surface area contributed by atoms with E-state index >= 15 is 0 Å². The van der Waals surface area contributed by atoms with Crippen LogP contribution in [0, 0.1) is 12.8 Å². The van der Waals surface area contributed by atoms with Crippen LogP contribution in [0.5, 0.6) is 0 Å². The van der Waals surface area contributed by atoms with Crippen molar-refractivity contribution < 1.29 is 18.9 Å². The van der Waals surface area contributed by atoms with Crippen LogP contribution in [-0.4, -0.2) is 66.1 Å². The van der Waals surface area contributed by atoms with Crippen molar-refractivity contribution in [3.8, 4) is 0 Å². The first-order valence-electron chi connectivity index (χ1n) is 29.1. The summed E-state index contributed by atoms with van der Waals surface area (Å²) in [5.74, 6) is 3.67. The molecule has 0 bridgehead atoms. The SMILES string of the molecule is C1CCC2=NCCCN2CC1.CCCCCCCCCCCCCCCCCCBr.CCCCCCCCCCCCCCCCCCC1CCCCN2CCCN=C12.[CH2-]CCC.[Li+]. The third-order valence-corrected chi connectivity index (χ3v) is 14.7. The first-order chi connectivity index (χ1) is 31.2. The summed E-state index contributed by atoms with van der Waals surface area (Å²) in [6.45, 7) is 17.5. The fraction of sp³-hybridized carbons (Fsp3) is 0.948. The number of aliphatic imine (C=N–C) groups is 2. The summed E-state index contributed by atoms with van der Waals surface area (Å²) in [6.07, 6.45) is 62.4. The Hall–Kier alpha value is 0.0174. The van der Waals surface area contributed by atoms with Gasteiger partial charge in [-0.25, -0.2) is 0 Å². The maximum absolute atomic E-state index is 4.93. The standard InChI is InChI=1S/C27H52N2.C18H37Br.C9H16N2.C4H9.Li/c1-2-3-4-5-6-7-8-9-10-11-12-13-14-15-16-17-21-26-22-18-19-24-29-25-20-23-28-27(26)29;1-2-3-4-5-6-7-8-9-10-11-12-13-14-15-16-17-18-19;1-2-5-9-10-6-4-8-11(9)7-3-1;1-3-4-2;/h26H,2-25H2,1H3;2-18H2,1H3;1-8H2;1,3-4H2,2H3;/q;;;-1;+1. The Morgan fingerprint density at radius 1 is 0.438 bits per heavy atom. The van der Waals surface area contributed by atoms with E-state index in [9.17, 15) is 0 Å². The Kier molecular flexibility index (Phi) is 52.4. The molecule has 4 aliphatic heterocycles. The molecule has 0 amide bonds. The number of fused-ring (bicyclic) bond motifs is 2. The minimum Gasteiger partial charge on any atom is -0.360 e. The van der Waals surface area contributed by atoms with E-state index in [0.29, 0.717) is 0 Å². The number of nitrogens with zero attached hydrogens (tertiary/aromatic N) is 4. The van der Waals surface area contributed by atoms with Crippen LogP contribution in [0.1, 0.15) is 303 Å². The fourth-order valence-electron chi connectivity index (χ4n) is 9.90.